The quantitative estimate of drug-likeness (QED) is 0.391. The molecule has 5 rings (SSSR count). The van der Waals surface area contributed by atoms with E-state index in [1.807, 2.05) is 0 Å². The largest absolute Gasteiger partial charge is 0.0502 e. The molecule has 0 nitrogen and oxygen atoms in total. The molecule has 0 aliphatic heterocycles. The van der Waals surface area contributed by atoms with Crippen molar-refractivity contribution in [2.75, 3.05) is 0 Å². The lowest BCUT2D eigenvalue weighted by Crippen LogP contribution is -2.05. The van der Waals surface area contributed by atoms with Gasteiger partial charge in [0.05, 0.1) is 0 Å². The van der Waals surface area contributed by atoms with Gasteiger partial charge in [0.15, 0.2) is 0 Å². The van der Waals surface area contributed by atoms with Gasteiger partial charge in [-0.25, -0.2) is 0 Å². The summed E-state index contributed by atoms with van der Waals surface area (Å²) in [5, 5.41) is 0. The molecule has 0 unspecified atom stereocenters. The number of hydrogen-bond donors (Lipinski definition) is 0. The van der Waals surface area contributed by atoms with Crippen molar-refractivity contribution >= 4 is 0 Å². The van der Waals surface area contributed by atoms with Crippen LogP contribution in [0.25, 0.3) is 0 Å². The minimum Gasteiger partial charge on any atom is -0.0502 e. The second kappa shape index (κ2) is 9.43. The first-order chi connectivity index (χ1) is 13.8. The third-order valence-electron chi connectivity index (χ3n) is 10.5. The first kappa shape index (κ1) is 19.9. The average Bonchev–Trinajstić information content (AvgIpc) is 3.49. The molecule has 0 amide bonds. The van der Waals surface area contributed by atoms with Crippen LogP contribution in [0.1, 0.15) is 128 Å². The van der Waals surface area contributed by atoms with Crippen molar-refractivity contribution in [3.8, 4) is 0 Å². The molecular weight excluding hydrogens is 336 g/mol. The molecule has 0 heteroatoms. The Morgan fingerprint density at radius 2 is 0.286 bits per heavy atom. The predicted octanol–water partition coefficient (Wildman–Crippen LogP) is 8.79. The second-order valence-corrected chi connectivity index (χ2v) is 12.5. The van der Waals surface area contributed by atoms with Crippen molar-refractivity contribution in [1.29, 1.82) is 0 Å². The van der Waals surface area contributed by atoms with Crippen molar-refractivity contribution in [2.45, 2.75) is 128 Å². The van der Waals surface area contributed by atoms with Gasteiger partial charge in [0, 0.05) is 0 Å². The van der Waals surface area contributed by atoms with Crippen LogP contribution in [-0.2, 0) is 0 Å². The minimum absolute atomic E-state index is 1.11. The summed E-state index contributed by atoms with van der Waals surface area (Å²) >= 11 is 0. The van der Waals surface area contributed by atoms with Crippen LogP contribution in [0.15, 0.2) is 0 Å². The predicted molar refractivity (Wildman–Crippen MR) is 120 cm³/mol. The Morgan fingerprint density at radius 3 is 0.393 bits per heavy atom. The number of fused-ring (bicyclic) bond motifs is 8. The summed E-state index contributed by atoms with van der Waals surface area (Å²) in [6.45, 7) is 0. The molecule has 0 aromatic carbocycles. The topological polar surface area (TPSA) is 0 Å². The minimum atomic E-state index is 1.11. The second-order valence-electron chi connectivity index (χ2n) is 12.5. The normalized spacial score (nSPS) is 48.0. The first-order valence-electron chi connectivity index (χ1n) is 13.8. The highest BCUT2D eigenvalue weighted by molar-refractivity contribution is 4.84. The fourth-order valence-electron chi connectivity index (χ4n) is 8.70. The summed E-state index contributed by atoms with van der Waals surface area (Å²) in [5.41, 5.74) is 0. The van der Waals surface area contributed by atoms with E-state index in [1.165, 1.54) is 0 Å². The molecule has 0 aromatic rings. The van der Waals surface area contributed by atoms with Crippen molar-refractivity contribution in [2.24, 2.45) is 47.3 Å². The van der Waals surface area contributed by atoms with E-state index in [1.54, 1.807) is 128 Å². The molecule has 0 aromatic heterocycles. The van der Waals surface area contributed by atoms with Crippen LogP contribution in [-0.4, -0.2) is 0 Å². The Balaban J connectivity index is 1.16. The van der Waals surface area contributed by atoms with E-state index in [4.69, 9.17) is 0 Å². The van der Waals surface area contributed by atoms with Crippen LogP contribution >= 0.6 is 0 Å². The molecule has 0 atom stereocenters. The van der Waals surface area contributed by atoms with Gasteiger partial charge in [0.2, 0.25) is 0 Å². The molecule has 5 fully saturated rings. The molecule has 160 valence electrons. The van der Waals surface area contributed by atoms with Gasteiger partial charge in [-0.1, -0.05) is 103 Å². The lowest BCUT2D eigenvalue weighted by molar-refractivity contribution is 0.338. The molecule has 28 heavy (non-hydrogen) atoms. The van der Waals surface area contributed by atoms with E-state index in [2.05, 4.69) is 0 Å². The zero-order valence-corrected chi connectivity index (χ0v) is 18.8. The van der Waals surface area contributed by atoms with Crippen LogP contribution in [0.5, 0.6) is 0 Å². The van der Waals surface area contributed by atoms with Crippen molar-refractivity contribution < 1.29 is 0 Å². The molecule has 5 aliphatic carbocycles. The van der Waals surface area contributed by atoms with Gasteiger partial charge in [-0.2, -0.15) is 0 Å². The van der Waals surface area contributed by atoms with E-state index in [9.17, 15) is 0 Å². The van der Waals surface area contributed by atoms with Crippen molar-refractivity contribution in [3.05, 3.63) is 0 Å². The molecule has 5 aliphatic rings. The maximum Gasteiger partial charge on any atom is -0.0411 e. The summed E-state index contributed by atoms with van der Waals surface area (Å²) in [6, 6.07) is 0. The van der Waals surface area contributed by atoms with Gasteiger partial charge in [0.25, 0.3) is 0 Å². The molecule has 0 radical (unpaired) electrons. The molecular formula is C28H48. The van der Waals surface area contributed by atoms with Gasteiger partial charge >= 0.3 is 0 Å². The van der Waals surface area contributed by atoms with E-state index < -0.39 is 0 Å². The van der Waals surface area contributed by atoms with Crippen LogP contribution in [0, 0.1) is 47.3 Å². The van der Waals surface area contributed by atoms with Gasteiger partial charge in [-0.05, 0) is 73.0 Å². The Labute approximate surface area is 176 Å². The summed E-state index contributed by atoms with van der Waals surface area (Å²) in [5.74, 6) is 8.90. The zero-order valence-electron chi connectivity index (χ0n) is 18.8. The molecule has 5 saturated carbocycles. The lowest BCUT2D eigenvalue weighted by Gasteiger charge is -2.18. The maximum atomic E-state index is 1.61. The lowest BCUT2D eigenvalue weighted by atomic mass is 9.88. The summed E-state index contributed by atoms with van der Waals surface area (Å²) in [4.78, 5) is 0. The van der Waals surface area contributed by atoms with E-state index in [0.29, 0.717) is 0 Å². The SMILES string of the molecule is C1CC2CC[C@H](CC[C@@H]3CCC(CCC4CC[C@H](CC[C@@H]5CCC1C5)C4)C3)C2. The fourth-order valence-corrected chi connectivity index (χ4v) is 8.70. The molecule has 0 spiro atoms. The van der Waals surface area contributed by atoms with Crippen molar-refractivity contribution in [1.82, 2.24) is 0 Å². The monoisotopic (exact) mass is 384 g/mol. The highest BCUT2D eigenvalue weighted by atomic mass is 14.4. The third kappa shape index (κ3) is 5.18. The molecule has 0 heterocycles. The van der Waals surface area contributed by atoms with Crippen LogP contribution in [0.2, 0.25) is 0 Å². The highest BCUT2D eigenvalue weighted by Crippen LogP contribution is 2.45. The van der Waals surface area contributed by atoms with Gasteiger partial charge < -0.3 is 0 Å². The third-order valence-corrected chi connectivity index (χ3v) is 10.5. The Bertz CT molecular complexity index is 352. The van der Waals surface area contributed by atoms with Gasteiger partial charge in [0.1, 0.15) is 0 Å². The zero-order chi connectivity index (χ0) is 18.8. The fraction of sp³-hybridized carbons (Fsp3) is 1.00. The van der Waals surface area contributed by atoms with E-state index in [-0.39, 0.29) is 0 Å². The van der Waals surface area contributed by atoms with Crippen molar-refractivity contribution in [3.63, 3.8) is 0 Å². The smallest absolute Gasteiger partial charge is 0.0411 e. The van der Waals surface area contributed by atoms with Crippen LogP contribution in [0.3, 0.4) is 0 Å². The first-order valence-corrected chi connectivity index (χ1v) is 13.8. The Kier molecular flexibility index (Phi) is 6.71. The van der Waals surface area contributed by atoms with Crippen LogP contribution < -0.4 is 0 Å². The maximum absolute atomic E-state index is 1.61. The summed E-state index contributed by atoms with van der Waals surface area (Å²) in [6.07, 6.45) is 31.8. The van der Waals surface area contributed by atoms with Gasteiger partial charge in [-0.15, -0.1) is 0 Å². The van der Waals surface area contributed by atoms with Gasteiger partial charge in [-0.3, -0.25) is 0 Å². The van der Waals surface area contributed by atoms with Crippen LogP contribution in [0.4, 0.5) is 0 Å². The highest BCUT2D eigenvalue weighted by Gasteiger charge is 2.32. The van der Waals surface area contributed by atoms with E-state index in [0.717, 1.165) is 47.3 Å². The summed E-state index contributed by atoms with van der Waals surface area (Å²) < 4.78 is 0. The molecule has 0 saturated heterocycles. The number of rotatable bonds is 0. The molecule has 8 bridgehead atoms. The number of hydrogen-bond acceptors (Lipinski definition) is 0. The summed E-state index contributed by atoms with van der Waals surface area (Å²) in [7, 11) is 0. The molecule has 0 N–H and O–H groups in total. The Hall–Kier alpha value is 0. The van der Waals surface area contributed by atoms with E-state index >= 15 is 0 Å². The Morgan fingerprint density at radius 1 is 0.179 bits per heavy atom. The average molecular weight is 385 g/mol. The standard InChI is InChI=1S/C28H48/c1-2-22-11-12-24-5-6-26(19-24)15-16-28-8-7-27(20-28)14-13-25-4-3-23(18-25)10-9-21(1)17-22/h21-28H,1-20H2/t21-,22?,23+,24?,25?,26+,27?,28-.